The molecule has 1 fully saturated rings. The van der Waals surface area contributed by atoms with Crippen molar-refractivity contribution >= 4 is 11.7 Å². The van der Waals surface area contributed by atoms with Gasteiger partial charge in [-0.2, -0.15) is 5.10 Å². The first-order valence-electron chi connectivity index (χ1n) is 9.72. The number of hydrogen-bond donors (Lipinski definition) is 0. The van der Waals surface area contributed by atoms with Gasteiger partial charge in [0, 0.05) is 31.3 Å². The Labute approximate surface area is 158 Å². The summed E-state index contributed by atoms with van der Waals surface area (Å²) < 4.78 is 8.11. The summed E-state index contributed by atoms with van der Waals surface area (Å²) in [6.45, 7) is 1.04. The molecule has 0 bridgehead atoms. The summed E-state index contributed by atoms with van der Waals surface area (Å²) >= 11 is 0. The number of aromatic nitrogens is 2. The largest absolute Gasteiger partial charge is 0.484 e. The number of fused-ring (bicyclic) bond motifs is 2. The van der Waals surface area contributed by atoms with Crippen molar-refractivity contribution in [1.29, 1.82) is 0 Å². The van der Waals surface area contributed by atoms with E-state index in [9.17, 15) is 9.59 Å². The number of benzene rings is 1. The number of rotatable bonds is 1. The molecular weight excluding hydrogens is 342 g/mol. The SMILES string of the molecule is Cn1nc(C(=O)N2CCC3(CC(=O)c4ccccc4O3)C2)c2c1CCCC2. The van der Waals surface area contributed by atoms with Gasteiger partial charge < -0.3 is 9.64 Å². The topological polar surface area (TPSA) is 64.4 Å². The Morgan fingerprint density at radius 2 is 2.04 bits per heavy atom. The third-order valence-electron chi connectivity index (χ3n) is 6.17. The summed E-state index contributed by atoms with van der Waals surface area (Å²) in [7, 11) is 1.92. The molecule has 1 aliphatic carbocycles. The second-order valence-corrected chi connectivity index (χ2v) is 7.96. The number of nitrogens with zero attached hydrogens (tertiary/aromatic N) is 3. The highest BCUT2D eigenvalue weighted by Crippen LogP contribution is 2.39. The van der Waals surface area contributed by atoms with Crippen LogP contribution in [-0.4, -0.2) is 45.1 Å². The van der Waals surface area contributed by atoms with Crippen molar-refractivity contribution in [1.82, 2.24) is 14.7 Å². The fourth-order valence-electron chi connectivity index (χ4n) is 4.78. The van der Waals surface area contributed by atoms with Gasteiger partial charge >= 0.3 is 0 Å². The first kappa shape index (κ1) is 16.5. The van der Waals surface area contributed by atoms with E-state index in [1.54, 1.807) is 0 Å². The molecule has 1 atom stereocenters. The molecular formula is C21H23N3O3. The first-order valence-corrected chi connectivity index (χ1v) is 9.72. The summed E-state index contributed by atoms with van der Waals surface area (Å²) in [4.78, 5) is 27.6. The maximum atomic E-state index is 13.2. The Hall–Kier alpha value is -2.63. The molecule has 2 aromatic rings. The van der Waals surface area contributed by atoms with Gasteiger partial charge in [-0.25, -0.2) is 0 Å². The Kier molecular flexibility index (Phi) is 3.64. The predicted octanol–water partition coefficient (Wildman–Crippen LogP) is 2.55. The van der Waals surface area contributed by atoms with E-state index in [-0.39, 0.29) is 11.7 Å². The number of ketones is 1. The molecule has 2 aliphatic heterocycles. The molecule has 27 heavy (non-hydrogen) atoms. The molecule has 1 amide bonds. The van der Waals surface area contributed by atoms with Crippen molar-refractivity contribution in [3.8, 4) is 5.75 Å². The van der Waals surface area contributed by atoms with Crippen molar-refractivity contribution in [3.05, 3.63) is 46.8 Å². The lowest BCUT2D eigenvalue weighted by molar-refractivity contribution is 0.0427. The van der Waals surface area contributed by atoms with Crippen LogP contribution in [0.1, 0.15) is 57.8 Å². The van der Waals surface area contributed by atoms with Crippen LogP contribution in [-0.2, 0) is 19.9 Å². The van der Waals surface area contributed by atoms with Gasteiger partial charge in [-0.1, -0.05) is 12.1 Å². The van der Waals surface area contributed by atoms with Gasteiger partial charge in [0.15, 0.2) is 11.5 Å². The maximum Gasteiger partial charge on any atom is 0.274 e. The quantitative estimate of drug-likeness (QED) is 0.779. The summed E-state index contributed by atoms with van der Waals surface area (Å²) in [6, 6.07) is 7.38. The number of Topliss-reactive ketones (excluding diaryl/α,β-unsaturated/α-hetero) is 1. The van der Waals surface area contributed by atoms with Crippen LogP contribution in [0, 0.1) is 0 Å². The van der Waals surface area contributed by atoms with Gasteiger partial charge in [0.1, 0.15) is 11.4 Å². The Balaban J connectivity index is 1.40. The Morgan fingerprint density at radius 1 is 1.22 bits per heavy atom. The van der Waals surface area contributed by atoms with Crippen LogP contribution >= 0.6 is 0 Å². The number of para-hydroxylation sites is 1. The normalized spacial score (nSPS) is 23.9. The second kappa shape index (κ2) is 5.94. The second-order valence-electron chi connectivity index (χ2n) is 7.96. The van der Waals surface area contributed by atoms with E-state index in [1.165, 1.54) is 5.69 Å². The number of carbonyl (C=O) groups excluding carboxylic acids is 2. The predicted molar refractivity (Wildman–Crippen MR) is 99.1 cm³/mol. The minimum absolute atomic E-state index is 0.0273. The molecule has 3 aliphatic rings. The standard InChI is InChI=1S/C21H23N3O3/c1-23-16-8-4-2-6-14(16)19(22-23)20(26)24-11-10-21(13-24)12-17(25)15-7-3-5-9-18(15)27-21/h3,5,7,9H,2,4,6,8,10-13H2,1H3. The fraction of sp³-hybridized carbons (Fsp3) is 0.476. The molecule has 1 aromatic heterocycles. The summed E-state index contributed by atoms with van der Waals surface area (Å²) in [5, 5.41) is 4.54. The monoisotopic (exact) mass is 365 g/mol. The average molecular weight is 365 g/mol. The van der Waals surface area contributed by atoms with E-state index < -0.39 is 5.60 Å². The molecule has 0 N–H and O–H groups in total. The minimum Gasteiger partial charge on any atom is -0.484 e. The number of ether oxygens (including phenoxy) is 1. The summed E-state index contributed by atoms with van der Waals surface area (Å²) in [5.41, 5.74) is 2.94. The van der Waals surface area contributed by atoms with Crippen LogP contribution in [0.3, 0.4) is 0 Å². The molecule has 1 saturated heterocycles. The minimum atomic E-state index is -0.601. The third kappa shape index (κ3) is 2.58. The van der Waals surface area contributed by atoms with E-state index in [2.05, 4.69) is 5.10 Å². The van der Waals surface area contributed by atoms with Gasteiger partial charge in [0.2, 0.25) is 0 Å². The number of amides is 1. The van der Waals surface area contributed by atoms with Crippen LogP contribution in [0.15, 0.2) is 24.3 Å². The first-order chi connectivity index (χ1) is 13.1. The average Bonchev–Trinajstić information content (AvgIpc) is 3.23. The van der Waals surface area contributed by atoms with Crippen molar-refractivity contribution in [2.45, 2.75) is 44.1 Å². The van der Waals surface area contributed by atoms with Crippen molar-refractivity contribution in [3.63, 3.8) is 0 Å². The molecule has 140 valence electrons. The molecule has 0 radical (unpaired) electrons. The zero-order valence-electron chi connectivity index (χ0n) is 15.5. The van der Waals surface area contributed by atoms with E-state index in [0.717, 1.165) is 31.2 Å². The van der Waals surface area contributed by atoms with Crippen LogP contribution in [0.25, 0.3) is 0 Å². The van der Waals surface area contributed by atoms with Crippen molar-refractivity contribution in [2.24, 2.45) is 7.05 Å². The van der Waals surface area contributed by atoms with Gasteiger partial charge in [-0.05, 0) is 37.8 Å². The van der Waals surface area contributed by atoms with Crippen molar-refractivity contribution < 1.29 is 14.3 Å². The summed E-state index contributed by atoms with van der Waals surface area (Å²) in [6.07, 6.45) is 5.18. The van der Waals surface area contributed by atoms with E-state index in [4.69, 9.17) is 4.74 Å². The molecule has 1 aromatic carbocycles. The van der Waals surface area contributed by atoms with Crippen LogP contribution < -0.4 is 4.74 Å². The van der Waals surface area contributed by atoms with Gasteiger partial charge in [-0.3, -0.25) is 14.3 Å². The molecule has 1 unspecified atom stereocenters. The Morgan fingerprint density at radius 3 is 2.93 bits per heavy atom. The molecule has 1 spiro atoms. The third-order valence-corrected chi connectivity index (χ3v) is 6.17. The maximum absolute atomic E-state index is 13.2. The van der Waals surface area contributed by atoms with Crippen LogP contribution in [0.5, 0.6) is 5.75 Å². The lowest BCUT2D eigenvalue weighted by Crippen LogP contribution is -2.45. The molecule has 5 rings (SSSR count). The van der Waals surface area contributed by atoms with Gasteiger partial charge in [-0.15, -0.1) is 0 Å². The highest BCUT2D eigenvalue weighted by molar-refractivity contribution is 6.00. The highest BCUT2D eigenvalue weighted by atomic mass is 16.5. The van der Waals surface area contributed by atoms with Crippen LogP contribution in [0.2, 0.25) is 0 Å². The van der Waals surface area contributed by atoms with E-state index in [1.807, 2.05) is 40.9 Å². The van der Waals surface area contributed by atoms with Crippen molar-refractivity contribution in [2.75, 3.05) is 13.1 Å². The van der Waals surface area contributed by atoms with Gasteiger partial charge in [0.25, 0.3) is 5.91 Å². The molecule has 3 heterocycles. The zero-order valence-corrected chi connectivity index (χ0v) is 15.5. The molecule has 6 heteroatoms. The van der Waals surface area contributed by atoms with Crippen LogP contribution in [0.4, 0.5) is 0 Å². The lowest BCUT2D eigenvalue weighted by atomic mass is 9.89. The molecule has 6 nitrogen and oxygen atoms in total. The highest BCUT2D eigenvalue weighted by Gasteiger charge is 2.47. The number of likely N-dealkylation sites (tertiary alicyclic amines) is 1. The lowest BCUT2D eigenvalue weighted by Gasteiger charge is -2.34. The summed E-state index contributed by atoms with van der Waals surface area (Å²) in [5.74, 6) is 0.708. The number of aryl methyl sites for hydroxylation is 1. The Bertz CT molecular complexity index is 948. The molecule has 0 saturated carbocycles. The smallest absolute Gasteiger partial charge is 0.274 e. The van der Waals surface area contributed by atoms with Gasteiger partial charge in [0.05, 0.1) is 18.5 Å². The number of carbonyl (C=O) groups is 2. The van der Waals surface area contributed by atoms with E-state index >= 15 is 0 Å². The van der Waals surface area contributed by atoms with E-state index in [0.29, 0.717) is 42.9 Å². The zero-order chi connectivity index (χ0) is 18.6. The number of hydrogen-bond acceptors (Lipinski definition) is 4. The fourth-order valence-corrected chi connectivity index (χ4v) is 4.78.